The second kappa shape index (κ2) is 6.04. The summed E-state index contributed by atoms with van der Waals surface area (Å²) < 4.78 is 0. The first-order valence-electron chi connectivity index (χ1n) is 6.84. The lowest BCUT2D eigenvalue weighted by atomic mass is 10.0. The van der Waals surface area contributed by atoms with Crippen LogP contribution >= 0.6 is 0 Å². The Bertz CT molecular complexity index is 560. The van der Waals surface area contributed by atoms with E-state index < -0.39 is 6.04 Å². The largest absolute Gasteiger partial charge is 0.358 e. The maximum absolute atomic E-state index is 12.1. The highest BCUT2D eigenvalue weighted by Crippen LogP contribution is 2.29. The molecule has 4 N–H and O–H groups in total. The number of nitrogen functional groups attached to an aromatic ring is 1. The van der Waals surface area contributed by atoms with E-state index >= 15 is 0 Å². The molecule has 1 fully saturated rings. The smallest absolute Gasteiger partial charge is 0.251 e. The highest BCUT2D eigenvalue weighted by atomic mass is 16.2. The molecule has 2 amide bonds. The second-order valence-corrected chi connectivity index (χ2v) is 5.31. The lowest BCUT2D eigenvalue weighted by Gasteiger charge is -2.29. The van der Waals surface area contributed by atoms with E-state index in [9.17, 15) is 9.59 Å². The number of likely N-dealkylation sites (tertiary alicyclic amines) is 1. The van der Waals surface area contributed by atoms with Crippen LogP contribution in [0.1, 0.15) is 38.2 Å². The Balaban J connectivity index is 2.27. The minimum absolute atomic E-state index is 0.123. The highest BCUT2D eigenvalue weighted by Gasteiger charge is 2.32. The van der Waals surface area contributed by atoms with Gasteiger partial charge in [-0.2, -0.15) is 0 Å². The first kappa shape index (κ1) is 15.2. The van der Waals surface area contributed by atoms with Crippen LogP contribution in [0.3, 0.4) is 0 Å². The van der Waals surface area contributed by atoms with Crippen LogP contribution in [0.15, 0.2) is 6.33 Å². The van der Waals surface area contributed by atoms with Gasteiger partial charge in [-0.3, -0.25) is 14.5 Å². The molecule has 1 saturated heterocycles. The molecule has 1 aliphatic heterocycles. The zero-order valence-corrected chi connectivity index (χ0v) is 12.4. The van der Waals surface area contributed by atoms with Crippen molar-refractivity contribution in [2.45, 2.75) is 38.6 Å². The summed E-state index contributed by atoms with van der Waals surface area (Å²) >= 11 is 0. The standard InChI is InChI=1S/C13H20N6O2/c1-7(2)10-11(15-6-16-12(10)18-14)17-8-4-5-9(20)19(3)13(8)21/h6-8H,4-5,14H2,1-3H3,(H2,15,16,17,18). The van der Waals surface area contributed by atoms with Gasteiger partial charge in [0.1, 0.15) is 24.0 Å². The van der Waals surface area contributed by atoms with E-state index in [4.69, 9.17) is 5.84 Å². The van der Waals surface area contributed by atoms with Crippen molar-refractivity contribution in [1.29, 1.82) is 0 Å². The molecule has 1 atom stereocenters. The molecular weight excluding hydrogens is 272 g/mol. The number of nitrogens with one attached hydrogen (secondary N) is 2. The summed E-state index contributed by atoms with van der Waals surface area (Å²) in [6.45, 7) is 3.98. The van der Waals surface area contributed by atoms with Crippen LogP contribution in [0, 0.1) is 0 Å². The summed E-state index contributed by atoms with van der Waals surface area (Å²) in [5.41, 5.74) is 3.35. The van der Waals surface area contributed by atoms with Crippen molar-refractivity contribution in [1.82, 2.24) is 14.9 Å². The van der Waals surface area contributed by atoms with E-state index in [-0.39, 0.29) is 17.7 Å². The molecular formula is C13H20N6O2. The molecule has 0 saturated carbocycles. The van der Waals surface area contributed by atoms with Crippen LogP contribution in [0.5, 0.6) is 0 Å². The van der Waals surface area contributed by atoms with Crippen molar-refractivity contribution in [2.24, 2.45) is 5.84 Å². The van der Waals surface area contributed by atoms with Gasteiger partial charge in [0.2, 0.25) is 5.91 Å². The molecule has 21 heavy (non-hydrogen) atoms. The van der Waals surface area contributed by atoms with Gasteiger partial charge in [-0.1, -0.05) is 13.8 Å². The molecule has 8 heteroatoms. The molecule has 0 aliphatic carbocycles. The van der Waals surface area contributed by atoms with Crippen LogP contribution in [0.25, 0.3) is 0 Å². The number of nitrogens with two attached hydrogens (primary N) is 1. The topological polar surface area (TPSA) is 113 Å². The van der Waals surface area contributed by atoms with Gasteiger partial charge in [0, 0.05) is 19.0 Å². The summed E-state index contributed by atoms with van der Waals surface area (Å²) in [7, 11) is 1.49. The van der Waals surface area contributed by atoms with Crippen LogP contribution in [0.4, 0.5) is 11.6 Å². The minimum atomic E-state index is -0.467. The predicted octanol–water partition coefficient (Wildman–Crippen LogP) is 0.445. The van der Waals surface area contributed by atoms with Gasteiger partial charge in [0.05, 0.1) is 0 Å². The summed E-state index contributed by atoms with van der Waals surface area (Å²) in [4.78, 5) is 33.1. The van der Waals surface area contributed by atoms with E-state index in [0.717, 1.165) is 10.5 Å². The molecule has 0 bridgehead atoms. The summed E-state index contributed by atoms with van der Waals surface area (Å²) in [6, 6.07) is -0.467. The lowest BCUT2D eigenvalue weighted by Crippen LogP contribution is -2.48. The monoisotopic (exact) mass is 292 g/mol. The molecule has 1 aromatic heterocycles. The first-order valence-corrected chi connectivity index (χ1v) is 6.84. The molecule has 0 aromatic carbocycles. The molecule has 0 radical (unpaired) electrons. The zero-order valence-electron chi connectivity index (χ0n) is 12.4. The molecule has 1 aliphatic rings. The molecule has 1 unspecified atom stereocenters. The molecule has 0 spiro atoms. The number of hydrogen-bond donors (Lipinski definition) is 3. The number of piperidine rings is 1. The van der Waals surface area contributed by atoms with Crippen molar-refractivity contribution < 1.29 is 9.59 Å². The number of aromatic nitrogens is 2. The average Bonchev–Trinajstić information content (AvgIpc) is 2.47. The van der Waals surface area contributed by atoms with Crippen molar-refractivity contribution >= 4 is 23.5 Å². The number of nitrogens with zero attached hydrogens (tertiary/aromatic N) is 3. The third-order valence-corrected chi connectivity index (χ3v) is 3.56. The van der Waals surface area contributed by atoms with Crippen LogP contribution in [-0.4, -0.2) is 39.8 Å². The average molecular weight is 292 g/mol. The maximum atomic E-state index is 12.1. The van der Waals surface area contributed by atoms with Crippen LogP contribution in [-0.2, 0) is 9.59 Å². The zero-order chi connectivity index (χ0) is 15.6. The van der Waals surface area contributed by atoms with Crippen molar-refractivity contribution in [3.05, 3.63) is 11.9 Å². The third kappa shape index (κ3) is 2.94. The summed E-state index contributed by atoms with van der Waals surface area (Å²) in [5, 5.41) is 3.12. The number of carbonyl (C=O) groups excluding carboxylic acids is 2. The number of anilines is 2. The van der Waals surface area contributed by atoms with Crippen molar-refractivity contribution in [3.8, 4) is 0 Å². The highest BCUT2D eigenvalue weighted by molar-refractivity contribution is 6.01. The van der Waals surface area contributed by atoms with Gasteiger partial charge in [0.25, 0.3) is 5.91 Å². The Hall–Kier alpha value is -2.22. The van der Waals surface area contributed by atoms with Gasteiger partial charge >= 0.3 is 0 Å². The van der Waals surface area contributed by atoms with E-state index in [0.29, 0.717) is 24.5 Å². The van der Waals surface area contributed by atoms with Crippen molar-refractivity contribution in [2.75, 3.05) is 17.8 Å². The number of hydrazine groups is 1. The summed E-state index contributed by atoms with van der Waals surface area (Å²) in [5.74, 6) is 6.27. The third-order valence-electron chi connectivity index (χ3n) is 3.56. The Morgan fingerprint density at radius 1 is 1.33 bits per heavy atom. The molecule has 2 heterocycles. The minimum Gasteiger partial charge on any atom is -0.358 e. The van der Waals surface area contributed by atoms with Gasteiger partial charge in [-0.05, 0) is 12.3 Å². The van der Waals surface area contributed by atoms with Gasteiger partial charge in [0.15, 0.2) is 0 Å². The molecule has 1 aromatic rings. The van der Waals surface area contributed by atoms with E-state index in [1.54, 1.807) is 0 Å². The van der Waals surface area contributed by atoms with E-state index in [2.05, 4.69) is 20.7 Å². The van der Waals surface area contributed by atoms with Crippen molar-refractivity contribution in [3.63, 3.8) is 0 Å². The SMILES string of the molecule is CC(C)c1c(NN)ncnc1NC1CCC(=O)N(C)C1=O. The quantitative estimate of drug-likeness (QED) is 0.419. The fourth-order valence-corrected chi connectivity index (χ4v) is 2.39. The van der Waals surface area contributed by atoms with E-state index in [1.807, 2.05) is 13.8 Å². The first-order chi connectivity index (χ1) is 9.95. The van der Waals surface area contributed by atoms with Gasteiger partial charge in [-0.15, -0.1) is 0 Å². The fraction of sp³-hybridized carbons (Fsp3) is 0.538. The Morgan fingerprint density at radius 2 is 2.00 bits per heavy atom. The number of hydrogen-bond acceptors (Lipinski definition) is 7. The predicted molar refractivity (Wildman–Crippen MR) is 78.4 cm³/mol. The summed E-state index contributed by atoms with van der Waals surface area (Å²) in [6.07, 6.45) is 2.17. The number of amides is 2. The maximum Gasteiger partial charge on any atom is 0.251 e. The lowest BCUT2D eigenvalue weighted by molar-refractivity contribution is -0.146. The van der Waals surface area contributed by atoms with Crippen LogP contribution in [0.2, 0.25) is 0 Å². The molecule has 2 rings (SSSR count). The Kier molecular flexibility index (Phi) is 4.37. The number of carbonyl (C=O) groups is 2. The second-order valence-electron chi connectivity index (χ2n) is 5.31. The molecule has 114 valence electrons. The van der Waals surface area contributed by atoms with Crippen LogP contribution < -0.4 is 16.6 Å². The van der Waals surface area contributed by atoms with Gasteiger partial charge in [-0.25, -0.2) is 15.8 Å². The Labute approximate surface area is 123 Å². The van der Waals surface area contributed by atoms with E-state index in [1.165, 1.54) is 13.4 Å². The number of imide groups is 1. The molecule has 8 nitrogen and oxygen atoms in total. The number of likely N-dealkylation sites (N-methyl/N-ethyl adjacent to an activating group) is 1. The number of rotatable bonds is 4. The normalized spacial score (nSPS) is 19.1. The fourth-order valence-electron chi connectivity index (χ4n) is 2.39. The van der Waals surface area contributed by atoms with Gasteiger partial charge < -0.3 is 10.7 Å². The Morgan fingerprint density at radius 3 is 2.62 bits per heavy atom.